The molecule has 0 heterocycles. The standard InChI is InChI=1S/C16H22F3N/c1-12-3-2-9-15(20,10-8-12)11-13-4-6-14(7-5-13)16(17,18)19/h4-7,12H,2-3,8-11,20H2,1H3. The highest BCUT2D eigenvalue weighted by molar-refractivity contribution is 5.26. The van der Waals surface area contributed by atoms with Crippen LogP contribution in [0.1, 0.15) is 50.2 Å². The van der Waals surface area contributed by atoms with Gasteiger partial charge in [0.25, 0.3) is 0 Å². The fourth-order valence-electron chi connectivity index (χ4n) is 3.00. The zero-order valence-electron chi connectivity index (χ0n) is 11.8. The molecule has 4 heteroatoms. The molecule has 1 aliphatic rings. The van der Waals surface area contributed by atoms with Crippen molar-refractivity contribution >= 4 is 0 Å². The Hall–Kier alpha value is -1.03. The summed E-state index contributed by atoms with van der Waals surface area (Å²) in [4.78, 5) is 0. The third-order valence-corrected chi connectivity index (χ3v) is 4.34. The lowest BCUT2D eigenvalue weighted by molar-refractivity contribution is -0.137. The second-order valence-electron chi connectivity index (χ2n) is 6.27. The largest absolute Gasteiger partial charge is 0.416 e. The van der Waals surface area contributed by atoms with Gasteiger partial charge >= 0.3 is 6.18 Å². The van der Waals surface area contributed by atoms with E-state index in [0.29, 0.717) is 12.3 Å². The Morgan fingerprint density at radius 1 is 1.15 bits per heavy atom. The van der Waals surface area contributed by atoms with Crippen molar-refractivity contribution in [1.82, 2.24) is 0 Å². The summed E-state index contributed by atoms with van der Waals surface area (Å²) in [7, 11) is 0. The van der Waals surface area contributed by atoms with Crippen LogP contribution < -0.4 is 5.73 Å². The maximum absolute atomic E-state index is 12.5. The zero-order chi connectivity index (χ0) is 14.8. The fourth-order valence-corrected chi connectivity index (χ4v) is 3.00. The van der Waals surface area contributed by atoms with Crippen LogP contribution in [0.3, 0.4) is 0 Å². The Morgan fingerprint density at radius 3 is 2.40 bits per heavy atom. The lowest BCUT2D eigenvalue weighted by atomic mass is 9.84. The minimum Gasteiger partial charge on any atom is -0.325 e. The van der Waals surface area contributed by atoms with Crippen molar-refractivity contribution in [3.63, 3.8) is 0 Å². The molecule has 1 saturated carbocycles. The van der Waals surface area contributed by atoms with Crippen LogP contribution >= 0.6 is 0 Å². The van der Waals surface area contributed by atoms with Crippen LogP contribution in [0.5, 0.6) is 0 Å². The maximum atomic E-state index is 12.5. The van der Waals surface area contributed by atoms with E-state index in [1.807, 2.05) is 0 Å². The van der Waals surface area contributed by atoms with Crippen LogP contribution in [0.15, 0.2) is 24.3 Å². The number of nitrogens with two attached hydrogens (primary N) is 1. The third kappa shape index (κ3) is 3.98. The molecular weight excluding hydrogens is 263 g/mol. The van der Waals surface area contributed by atoms with Gasteiger partial charge in [0.2, 0.25) is 0 Å². The highest BCUT2D eigenvalue weighted by Crippen LogP contribution is 2.32. The molecule has 2 atom stereocenters. The average molecular weight is 285 g/mol. The number of rotatable bonds is 2. The zero-order valence-corrected chi connectivity index (χ0v) is 11.8. The summed E-state index contributed by atoms with van der Waals surface area (Å²) in [5.74, 6) is 0.702. The molecular formula is C16H22F3N. The molecule has 0 amide bonds. The monoisotopic (exact) mass is 285 g/mol. The summed E-state index contributed by atoms with van der Waals surface area (Å²) in [5.41, 5.74) is 6.50. The smallest absolute Gasteiger partial charge is 0.325 e. The van der Waals surface area contributed by atoms with Gasteiger partial charge < -0.3 is 5.73 Å². The van der Waals surface area contributed by atoms with E-state index in [0.717, 1.165) is 43.4 Å². The molecule has 2 N–H and O–H groups in total. The van der Waals surface area contributed by atoms with Crippen molar-refractivity contribution in [3.05, 3.63) is 35.4 Å². The van der Waals surface area contributed by atoms with Gasteiger partial charge in [-0.3, -0.25) is 0 Å². The molecule has 0 aliphatic heterocycles. The van der Waals surface area contributed by atoms with E-state index >= 15 is 0 Å². The Kier molecular flexibility index (Phi) is 4.43. The first kappa shape index (κ1) is 15.4. The Morgan fingerprint density at radius 2 is 1.80 bits per heavy atom. The molecule has 1 nitrogen and oxygen atoms in total. The molecule has 1 aliphatic carbocycles. The molecule has 2 rings (SSSR count). The lowest BCUT2D eigenvalue weighted by Gasteiger charge is -2.28. The molecule has 1 aromatic carbocycles. The summed E-state index contributed by atoms with van der Waals surface area (Å²) >= 11 is 0. The Bertz CT molecular complexity index is 438. The lowest BCUT2D eigenvalue weighted by Crippen LogP contribution is -2.41. The van der Waals surface area contributed by atoms with Crippen LogP contribution in [0, 0.1) is 5.92 Å². The summed E-state index contributed by atoms with van der Waals surface area (Å²) in [5, 5.41) is 0. The molecule has 0 spiro atoms. The van der Waals surface area contributed by atoms with Crippen molar-refractivity contribution in [3.8, 4) is 0 Å². The van der Waals surface area contributed by atoms with Gasteiger partial charge in [0.15, 0.2) is 0 Å². The molecule has 112 valence electrons. The van der Waals surface area contributed by atoms with Crippen molar-refractivity contribution in [2.24, 2.45) is 11.7 Å². The summed E-state index contributed by atoms with van der Waals surface area (Å²) in [6.07, 6.45) is 1.73. The minimum atomic E-state index is -4.27. The molecule has 1 fully saturated rings. The molecule has 20 heavy (non-hydrogen) atoms. The highest BCUT2D eigenvalue weighted by atomic mass is 19.4. The third-order valence-electron chi connectivity index (χ3n) is 4.34. The number of hydrogen-bond acceptors (Lipinski definition) is 1. The van der Waals surface area contributed by atoms with E-state index in [4.69, 9.17) is 5.73 Å². The molecule has 1 aromatic rings. The van der Waals surface area contributed by atoms with Gasteiger partial charge in [-0.25, -0.2) is 0 Å². The van der Waals surface area contributed by atoms with Crippen molar-refractivity contribution < 1.29 is 13.2 Å². The number of halogens is 3. The van der Waals surface area contributed by atoms with Crippen LogP contribution in [-0.2, 0) is 12.6 Å². The van der Waals surface area contributed by atoms with Gasteiger partial charge in [-0.15, -0.1) is 0 Å². The van der Waals surface area contributed by atoms with Crippen molar-refractivity contribution in [2.75, 3.05) is 0 Å². The van der Waals surface area contributed by atoms with E-state index in [9.17, 15) is 13.2 Å². The first-order valence-electron chi connectivity index (χ1n) is 7.24. The number of benzene rings is 1. The van der Waals surface area contributed by atoms with E-state index in [-0.39, 0.29) is 5.54 Å². The fraction of sp³-hybridized carbons (Fsp3) is 0.625. The summed E-state index contributed by atoms with van der Waals surface area (Å²) in [6.45, 7) is 2.24. The van der Waals surface area contributed by atoms with E-state index in [2.05, 4.69) is 6.92 Å². The Balaban J connectivity index is 2.05. The first-order chi connectivity index (χ1) is 9.28. The van der Waals surface area contributed by atoms with E-state index in [1.54, 1.807) is 12.1 Å². The van der Waals surface area contributed by atoms with Crippen LogP contribution in [0.4, 0.5) is 13.2 Å². The van der Waals surface area contributed by atoms with Gasteiger partial charge in [-0.1, -0.05) is 31.9 Å². The van der Waals surface area contributed by atoms with Crippen molar-refractivity contribution in [1.29, 1.82) is 0 Å². The maximum Gasteiger partial charge on any atom is 0.416 e. The summed E-state index contributed by atoms with van der Waals surface area (Å²) in [6, 6.07) is 5.42. The quantitative estimate of drug-likeness (QED) is 0.793. The summed E-state index contributed by atoms with van der Waals surface area (Å²) < 4.78 is 37.6. The van der Waals surface area contributed by atoms with Crippen LogP contribution in [0.25, 0.3) is 0 Å². The first-order valence-corrected chi connectivity index (χ1v) is 7.24. The van der Waals surface area contributed by atoms with E-state index in [1.165, 1.54) is 6.42 Å². The number of hydrogen-bond donors (Lipinski definition) is 1. The number of alkyl halides is 3. The van der Waals surface area contributed by atoms with Gasteiger partial charge in [-0.05, 0) is 49.3 Å². The Labute approximate surface area is 118 Å². The van der Waals surface area contributed by atoms with Gasteiger partial charge in [0.1, 0.15) is 0 Å². The van der Waals surface area contributed by atoms with Gasteiger partial charge in [0.05, 0.1) is 5.56 Å². The SMILES string of the molecule is CC1CCCC(N)(Cc2ccc(C(F)(F)F)cc2)CC1. The van der Waals surface area contributed by atoms with E-state index < -0.39 is 11.7 Å². The predicted molar refractivity (Wildman–Crippen MR) is 74.3 cm³/mol. The predicted octanol–water partition coefficient (Wildman–Crippen LogP) is 4.55. The molecule has 0 aromatic heterocycles. The second-order valence-corrected chi connectivity index (χ2v) is 6.27. The highest BCUT2D eigenvalue weighted by Gasteiger charge is 2.31. The average Bonchev–Trinajstić information content (AvgIpc) is 2.51. The van der Waals surface area contributed by atoms with Gasteiger partial charge in [0, 0.05) is 5.54 Å². The normalized spacial score (nSPS) is 28.1. The van der Waals surface area contributed by atoms with Gasteiger partial charge in [-0.2, -0.15) is 13.2 Å². The van der Waals surface area contributed by atoms with Crippen LogP contribution in [0.2, 0.25) is 0 Å². The molecule has 2 unspecified atom stereocenters. The molecule has 0 bridgehead atoms. The van der Waals surface area contributed by atoms with Crippen molar-refractivity contribution in [2.45, 2.75) is 57.2 Å². The van der Waals surface area contributed by atoms with Crippen LogP contribution in [-0.4, -0.2) is 5.54 Å². The molecule has 0 saturated heterocycles. The molecule has 0 radical (unpaired) electrons. The second kappa shape index (κ2) is 5.76. The minimum absolute atomic E-state index is 0.259. The topological polar surface area (TPSA) is 26.0 Å².